The zero-order chi connectivity index (χ0) is 12.8. The first-order chi connectivity index (χ1) is 8.86. The highest BCUT2D eigenvalue weighted by Crippen LogP contribution is 2.32. The Balaban J connectivity index is 2.06. The molecule has 1 aliphatic carbocycles. The molecule has 1 heterocycles. The average molecular weight is 252 g/mol. The summed E-state index contributed by atoms with van der Waals surface area (Å²) in [4.78, 5) is 0. The molecule has 0 aromatic heterocycles. The van der Waals surface area contributed by atoms with Crippen molar-refractivity contribution in [1.82, 2.24) is 5.43 Å². The van der Waals surface area contributed by atoms with Crippen LogP contribution in [-0.4, -0.2) is 18.8 Å². The summed E-state index contributed by atoms with van der Waals surface area (Å²) in [5, 5.41) is 0. The van der Waals surface area contributed by atoms with E-state index in [9.17, 15) is 0 Å². The molecule has 0 aromatic rings. The number of ether oxygens (including phenoxy) is 1. The molecule has 0 aromatic carbocycles. The SMILES string of the molecule is CCC1OCCC1C(NN)C1=CCCCCCC1. The smallest absolute Gasteiger partial charge is 0.0620 e. The summed E-state index contributed by atoms with van der Waals surface area (Å²) in [6, 6.07) is 0.329. The Kier molecular flexibility index (Phi) is 5.67. The lowest BCUT2D eigenvalue weighted by Crippen LogP contribution is -2.45. The second-order valence-corrected chi connectivity index (χ2v) is 5.65. The van der Waals surface area contributed by atoms with Gasteiger partial charge < -0.3 is 4.74 Å². The van der Waals surface area contributed by atoms with Crippen LogP contribution in [0.4, 0.5) is 0 Å². The minimum absolute atomic E-state index is 0.329. The van der Waals surface area contributed by atoms with Gasteiger partial charge in [-0.2, -0.15) is 0 Å². The first-order valence-electron chi connectivity index (χ1n) is 7.63. The average Bonchev–Trinajstić information content (AvgIpc) is 2.80. The molecule has 0 radical (unpaired) electrons. The molecule has 3 N–H and O–H groups in total. The van der Waals surface area contributed by atoms with E-state index in [4.69, 9.17) is 10.6 Å². The molecule has 3 atom stereocenters. The highest BCUT2D eigenvalue weighted by molar-refractivity contribution is 5.14. The second-order valence-electron chi connectivity index (χ2n) is 5.65. The predicted molar refractivity (Wildman–Crippen MR) is 75.0 cm³/mol. The molecule has 1 fully saturated rings. The molecule has 0 spiro atoms. The van der Waals surface area contributed by atoms with Gasteiger partial charge in [0.15, 0.2) is 0 Å². The van der Waals surface area contributed by atoms with Crippen molar-refractivity contribution in [2.24, 2.45) is 11.8 Å². The topological polar surface area (TPSA) is 47.3 Å². The van der Waals surface area contributed by atoms with E-state index < -0.39 is 0 Å². The fraction of sp³-hybridized carbons (Fsp3) is 0.867. The molecular formula is C15H28N2O. The third kappa shape index (κ3) is 3.34. The van der Waals surface area contributed by atoms with E-state index in [2.05, 4.69) is 18.4 Å². The van der Waals surface area contributed by atoms with Gasteiger partial charge in [0.05, 0.1) is 6.10 Å². The first kappa shape index (κ1) is 14.0. The van der Waals surface area contributed by atoms with Gasteiger partial charge in [-0.1, -0.05) is 31.4 Å². The van der Waals surface area contributed by atoms with E-state index in [1.54, 1.807) is 0 Å². The zero-order valence-electron chi connectivity index (χ0n) is 11.7. The number of nitrogens with one attached hydrogen (secondary N) is 1. The molecule has 3 nitrogen and oxygen atoms in total. The number of hydrogen-bond donors (Lipinski definition) is 2. The van der Waals surface area contributed by atoms with E-state index >= 15 is 0 Å². The largest absolute Gasteiger partial charge is 0.378 e. The minimum atomic E-state index is 0.329. The van der Waals surface area contributed by atoms with Crippen molar-refractivity contribution < 1.29 is 4.74 Å². The van der Waals surface area contributed by atoms with Gasteiger partial charge in [0.25, 0.3) is 0 Å². The maximum atomic E-state index is 5.84. The van der Waals surface area contributed by atoms with Gasteiger partial charge in [-0.3, -0.25) is 11.3 Å². The summed E-state index contributed by atoms with van der Waals surface area (Å²) in [5.74, 6) is 6.40. The number of hydrazine groups is 1. The summed E-state index contributed by atoms with van der Waals surface area (Å²) in [6.07, 6.45) is 12.9. The lowest BCUT2D eigenvalue weighted by Gasteiger charge is -2.29. The monoisotopic (exact) mass is 252 g/mol. The number of allylic oxidation sites excluding steroid dienone is 1. The molecule has 0 amide bonds. The lowest BCUT2D eigenvalue weighted by molar-refractivity contribution is 0.0805. The van der Waals surface area contributed by atoms with Crippen molar-refractivity contribution in [3.63, 3.8) is 0 Å². The number of hydrogen-bond acceptors (Lipinski definition) is 3. The summed E-state index contributed by atoms with van der Waals surface area (Å²) < 4.78 is 5.82. The highest BCUT2D eigenvalue weighted by atomic mass is 16.5. The fourth-order valence-corrected chi connectivity index (χ4v) is 3.47. The molecule has 2 aliphatic rings. The maximum Gasteiger partial charge on any atom is 0.0620 e. The van der Waals surface area contributed by atoms with Crippen LogP contribution in [-0.2, 0) is 4.74 Å². The van der Waals surface area contributed by atoms with Gasteiger partial charge in [0.1, 0.15) is 0 Å². The Hall–Kier alpha value is -0.380. The Bertz CT molecular complexity index is 278. The van der Waals surface area contributed by atoms with Crippen LogP contribution in [0, 0.1) is 5.92 Å². The van der Waals surface area contributed by atoms with Crippen molar-refractivity contribution in [1.29, 1.82) is 0 Å². The van der Waals surface area contributed by atoms with E-state index in [0.717, 1.165) is 19.4 Å². The van der Waals surface area contributed by atoms with Crippen LogP contribution < -0.4 is 11.3 Å². The van der Waals surface area contributed by atoms with Crippen molar-refractivity contribution in [3.05, 3.63) is 11.6 Å². The van der Waals surface area contributed by atoms with Crippen molar-refractivity contribution in [2.45, 2.75) is 70.4 Å². The molecule has 104 valence electrons. The van der Waals surface area contributed by atoms with Gasteiger partial charge in [-0.05, 0) is 38.5 Å². The molecule has 3 heteroatoms. The molecule has 2 rings (SSSR count). The molecule has 18 heavy (non-hydrogen) atoms. The third-order valence-corrected chi connectivity index (χ3v) is 4.50. The number of nitrogens with two attached hydrogens (primary N) is 1. The van der Waals surface area contributed by atoms with Crippen LogP contribution in [0.15, 0.2) is 11.6 Å². The third-order valence-electron chi connectivity index (χ3n) is 4.50. The molecule has 0 saturated carbocycles. The standard InChI is InChI=1S/C15H28N2O/c1-2-14-13(10-11-18-14)15(17-16)12-8-6-4-3-5-7-9-12/h8,13-15,17H,2-7,9-11,16H2,1H3. The highest BCUT2D eigenvalue weighted by Gasteiger charge is 2.34. The van der Waals surface area contributed by atoms with E-state index in [1.165, 1.54) is 44.1 Å². The van der Waals surface area contributed by atoms with Gasteiger partial charge in [0, 0.05) is 18.6 Å². The molecule has 1 saturated heterocycles. The number of rotatable bonds is 4. The normalized spacial score (nSPS) is 31.6. The first-order valence-corrected chi connectivity index (χ1v) is 7.63. The molecular weight excluding hydrogens is 224 g/mol. The summed E-state index contributed by atoms with van der Waals surface area (Å²) in [6.45, 7) is 3.11. The van der Waals surface area contributed by atoms with Crippen molar-refractivity contribution >= 4 is 0 Å². The van der Waals surface area contributed by atoms with Gasteiger partial charge in [-0.15, -0.1) is 0 Å². The zero-order valence-corrected chi connectivity index (χ0v) is 11.7. The van der Waals surface area contributed by atoms with Gasteiger partial charge in [0.2, 0.25) is 0 Å². The van der Waals surface area contributed by atoms with Crippen LogP contribution in [0.2, 0.25) is 0 Å². The van der Waals surface area contributed by atoms with Gasteiger partial charge in [-0.25, -0.2) is 0 Å². The van der Waals surface area contributed by atoms with Gasteiger partial charge >= 0.3 is 0 Å². The Morgan fingerprint density at radius 3 is 3.00 bits per heavy atom. The Morgan fingerprint density at radius 2 is 2.22 bits per heavy atom. The van der Waals surface area contributed by atoms with E-state index in [-0.39, 0.29) is 0 Å². The molecule has 1 aliphatic heterocycles. The Labute approximate surface area is 111 Å². The minimum Gasteiger partial charge on any atom is -0.378 e. The van der Waals surface area contributed by atoms with E-state index in [1.807, 2.05) is 0 Å². The van der Waals surface area contributed by atoms with Crippen LogP contribution in [0.3, 0.4) is 0 Å². The second kappa shape index (κ2) is 7.27. The van der Waals surface area contributed by atoms with Crippen LogP contribution in [0.25, 0.3) is 0 Å². The summed E-state index contributed by atoms with van der Waals surface area (Å²) >= 11 is 0. The van der Waals surface area contributed by atoms with E-state index in [0.29, 0.717) is 18.1 Å². The summed E-state index contributed by atoms with van der Waals surface area (Å²) in [5.41, 5.74) is 4.61. The molecule has 3 unspecified atom stereocenters. The maximum absolute atomic E-state index is 5.84. The van der Waals surface area contributed by atoms with Crippen molar-refractivity contribution in [2.75, 3.05) is 6.61 Å². The van der Waals surface area contributed by atoms with Crippen LogP contribution >= 0.6 is 0 Å². The van der Waals surface area contributed by atoms with Crippen LogP contribution in [0.1, 0.15) is 58.3 Å². The fourth-order valence-electron chi connectivity index (χ4n) is 3.47. The van der Waals surface area contributed by atoms with Crippen LogP contribution in [0.5, 0.6) is 0 Å². The summed E-state index contributed by atoms with van der Waals surface area (Å²) in [7, 11) is 0. The lowest BCUT2D eigenvalue weighted by atomic mass is 9.83. The van der Waals surface area contributed by atoms with Crippen molar-refractivity contribution in [3.8, 4) is 0 Å². The quantitative estimate of drug-likeness (QED) is 0.459. The Morgan fingerprint density at radius 1 is 1.39 bits per heavy atom. The molecule has 0 bridgehead atoms. The predicted octanol–water partition coefficient (Wildman–Crippen LogP) is 2.91.